The maximum Gasteiger partial charge on any atom is 0.227 e. The molecule has 1 heterocycles. The standard InChI is InChI=1S/C22H20BrClN2O3/c23-18-14-16(24)10-11-21(18)29-13-5-9-22(28)26(15-17-6-3-4-12-25-17)19-7-1-2-8-20(19)27/h1-4,6-8,10-12,14,27H,5,9,13,15H2. The first-order valence-corrected chi connectivity index (χ1v) is 10.3. The minimum absolute atomic E-state index is 0.0538. The van der Waals surface area contributed by atoms with Gasteiger partial charge in [-0.15, -0.1) is 0 Å². The van der Waals surface area contributed by atoms with Crippen LogP contribution in [-0.2, 0) is 11.3 Å². The van der Waals surface area contributed by atoms with Crippen molar-refractivity contribution in [1.29, 1.82) is 0 Å². The first-order valence-electron chi connectivity index (χ1n) is 9.10. The third-order valence-corrected chi connectivity index (χ3v) is 5.06. The number of pyridine rings is 1. The highest BCUT2D eigenvalue weighted by Gasteiger charge is 2.19. The largest absolute Gasteiger partial charge is 0.506 e. The molecule has 1 N–H and O–H groups in total. The third-order valence-electron chi connectivity index (χ3n) is 4.21. The summed E-state index contributed by atoms with van der Waals surface area (Å²) in [7, 11) is 0. The molecule has 0 fully saturated rings. The van der Waals surface area contributed by atoms with Crippen LogP contribution in [0.25, 0.3) is 0 Å². The van der Waals surface area contributed by atoms with Gasteiger partial charge in [0.2, 0.25) is 5.91 Å². The summed E-state index contributed by atoms with van der Waals surface area (Å²) in [6, 6.07) is 17.6. The number of amides is 1. The fourth-order valence-corrected chi connectivity index (χ4v) is 3.58. The lowest BCUT2D eigenvalue weighted by atomic mass is 10.2. The lowest BCUT2D eigenvalue weighted by Gasteiger charge is -2.23. The lowest BCUT2D eigenvalue weighted by molar-refractivity contribution is -0.119. The molecule has 0 atom stereocenters. The Kier molecular flexibility index (Phi) is 7.49. The van der Waals surface area contributed by atoms with Crippen molar-refractivity contribution in [2.45, 2.75) is 19.4 Å². The Morgan fingerprint density at radius 1 is 1.14 bits per heavy atom. The first-order chi connectivity index (χ1) is 14.0. The van der Waals surface area contributed by atoms with Gasteiger partial charge in [0.05, 0.1) is 29.0 Å². The average Bonchev–Trinajstić information content (AvgIpc) is 2.72. The zero-order valence-electron chi connectivity index (χ0n) is 15.6. The summed E-state index contributed by atoms with van der Waals surface area (Å²) < 4.78 is 6.50. The number of rotatable bonds is 8. The van der Waals surface area contributed by atoms with Gasteiger partial charge in [0.1, 0.15) is 11.5 Å². The Bertz CT molecular complexity index is 969. The number of phenols is 1. The summed E-state index contributed by atoms with van der Waals surface area (Å²) in [6.07, 6.45) is 2.48. The molecule has 1 aromatic heterocycles. The highest BCUT2D eigenvalue weighted by atomic mass is 79.9. The number of nitrogens with zero attached hydrogens (tertiary/aromatic N) is 2. The van der Waals surface area contributed by atoms with Crippen molar-refractivity contribution in [3.05, 3.63) is 82.0 Å². The number of aromatic nitrogens is 1. The van der Waals surface area contributed by atoms with E-state index in [0.29, 0.717) is 29.5 Å². The van der Waals surface area contributed by atoms with Gasteiger partial charge in [0.15, 0.2) is 0 Å². The second kappa shape index (κ2) is 10.3. The van der Waals surface area contributed by atoms with Crippen LogP contribution < -0.4 is 9.64 Å². The van der Waals surface area contributed by atoms with Crippen molar-refractivity contribution in [3.8, 4) is 11.5 Å². The van der Waals surface area contributed by atoms with Crippen molar-refractivity contribution in [2.75, 3.05) is 11.5 Å². The van der Waals surface area contributed by atoms with Gasteiger partial charge < -0.3 is 14.7 Å². The Morgan fingerprint density at radius 2 is 1.93 bits per heavy atom. The molecule has 7 heteroatoms. The van der Waals surface area contributed by atoms with E-state index in [0.717, 1.165) is 10.2 Å². The van der Waals surface area contributed by atoms with E-state index >= 15 is 0 Å². The molecular formula is C22H20BrClN2O3. The molecule has 29 heavy (non-hydrogen) atoms. The molecule has 1 amide bonds. The van der Waals surface area contributed by atoms with E-state index in [2.05, 4.69) is 20.9 Å². The van der Waals surface area contributed by atoms with Gasteiger partial charge in [-0.3, -0.25) is 9.78 Å². The normalized spacial score (nSPS) is 10.6. The molecular weight excluding hydrogens is 456 g/mol. The van der Waals surface area contributed by atoms with Crippen LogP contribution >= 0.6 is 27.5 Å². The molecule has 3 rings (SSSR count). The van der Waals surface area contributed by atoms with E-state index in [9.17, 15) is 9.90 Å². The van der Waals surface area contributed by atoms with Crippen LogP contribution in [0, 0.1) is 0 Å². The molecule has 0 spiro atoms. The van der Waals surface area contributed by atoms with Crippen LogP contribution in [0.15, 0.2) is 71.3 Å². The monoisotopic (exact) mass is 474 g/mol. The van der Waals surface area contributed by atoms with Crippen LogP contribution in [-0.4, -0.2) is 22.6 Å². The van der Waals surface area contributed by atoms with Gasteiger partial charge in [0.25, 0.3) is 0 Å². The molecule has 0 aliphatic heterocycles. The first kappa shape index (κ1) is 21.1. The SMILES string of the molecule is O=C(CCCOc1ccc(Cl)cc1Br)N(Cc1ccccn1)c1ccccc1O. The van der Waals surface area contributed by atoms with Crippen molar-refractivity contribution >= 4 is 39.1 Å². The van der Waals surface area contributed by atoms with Crippen molar-refractivity contribution in [2.24, 2.45) is 0 Å². The molecule has 0 radical (unpaired) electrons. The number of para-hydroxylation sites is 2. The number of halogens is 2. The van der Waals surface area contributed by atoms with Crippen LogP contribution in [0.5, 0.6) is 11.5 Å². The van der Waals surface area contributed by atoms with E-state index in [-0.39, 0.29) is 24.6 Å². The van der Waals surface area contributed by atoms with Gasteiger partial charge in [-0.2, -0.15) is 0 Å². The summed E-state index contributed by atoms with van der Waals surface area (Å²) in [4.78, 5) is 18.8. The number of ether oxygens (including phenoxy) is 1. The summed E-state index contributed by atoms with van der Waals surface area (Å²) >= 11 is 9.34. The second-order valence-electron chi connectivity index (χ2n) is 6.32. The van der Waals surface area contributed by atoms with Gasteiger partial charge >= 0.3 is 0 Å². The van der Waals surface area contributed by atoms with E-state index in [1.54, 1.807) is 53.6 Å². The topological polar surface area (TPSA) is 62.7 Å². The molecule has 5 nitrogen and oxygen atoms in total. The van der Waals surface area contributed by atoms with E-state index in [1.165, 1.54) is 0 Å². The molecule has 2 aromatic carbocycles. The fourth-order valence-electron chi connectivity index (χ4n) is 2.79. The summed E-state index contributed by atoms with van der Waals surface area (Å²) in [5, 5.41) is 10.8. The van der Waals surface area contributed by atoms with Crippen LogP contribution in [0.2, 0.25) is 5.02 Å². The Labute approximate surface area is 183 Å². The minimum atomic E-state index is -0.115. The number of carbonyl (C=O) groups is 1. The zero-order valence-corrected chi connectivity index (χ0v) is 17.9. The number of aromatic hydroxyl groups is 1. The quantitative estimate of drug-likeness (QED) is 0.431. The number of benzene rings is 2. The molecule has 0 saturated carbocycles. The Hall–Kier alpha value is -2.57. The van der Waals surface area contributed by atoms with Gasteiger partial charge in [0, 0.05) is 17.6 Å². The maximum atomic E-state index is 12.9. The summed E-state index contributed by atoms with van der Waals surface area (Å²) in [5.74, 6) is 0.613. The van der Waals surface area contributed by atoms with Gasteiger partial charge in [-0.1, -0.05) is 29.8 Å². The molecule has 0 unspecified atom stereocenters. The average molecular weight is 476 g/mol. The molecule has 0 bridgehead atoms. The molecule has 0 aliphatic rings. The predicted molar refractivity (Wildman–Crippen MR) is 117 cm³/mol. The molecule has 150 valence electrons. The highest BCUT2D eigenvalue weighted by Crippen LogP contribution is 2.29. The number of phenolic OH excluding ortho intramolecular Hbond substituents is 1. The smallest absolute Gasteiger partial charge is 0.227 e. The van der Waals surface area contributed by atoms with Gasteiger partial charge in [-0.05, 0) is 64.8 Å². The molecule has 0 saturated heterocycles. The number of hydrogen-bond donors (Lipinski definition) is 1. The predicted octanol–water partition coefficient (Wildman–Crippen LogP) is 5.60. The molecule has 0 aliphatic carbocycles. The lowest BCUT2D eigenvalue weighted by Crippen LogP contribution is -2.31. The van der Waals surface area contributed by atoms with E-state index in [4.69, 9.17) is 16.3 Å². The number of anilines is 1. The van der Waals surface area contributed by atoms with Crippen molar-refractivity contribution in [1.82, 2.24) is 4.98 Å². The van der Waals surface area contributed by atoms with Crippen molar-refractivity contribution in [3.63, 3.8) is 0 Å². The Balaban J connectivity index is 1.64. The van der Waals surface area contributed by atoms with Crippen LogP contribution in [0.4, 0.5) is 5.69 Å². The third kappa shape index (κ3) is 5.95. The molecule has 3 aromatic rings. The summed E-state index contributed by atoms with van der Waals surface area (Å²) in [6.45, 7) is 0.658. The second-order valence-corrected chi connectivity index (χ2v) is 7.61. The zero-order chi connectivity index (χ0) is 20.6. The van der Waals surface area contributed by atoms with E-state index < -0.39 is 0 Å². The highest BCUT2D eigenvalue weighted by molar-refractivity contribution is 9.10. The Morgan fingerprint density at radius 3 is 2.66 bits per heavy atom. The van der Waals surface area contributed by atoms with Gasteiger partial charge in [-0.25, -0.2) is 0 Å². The summed E-state index contributed by atoms with van der Waals surface area (Å²) in [5.41, 5.74) is 1.20. The van der Waals surface area contributed by atoms with Crippen LogP contribution in [0.1, 0.15) is 18.5 Å². The van der Waals surface area contributed by atoms with E-state index in [1.807, 2.05) is 18.2 Å². The van der Waals surface area contributed by atoms with Crippen LogP contribution in [0.3, 0.4) is 0 Å². The minimum Gasteiger partial charge on any atom is -0.506 e. The number of carbonyl (C=O) groups excluding carboxylic acids is 1. The van der Waals surface area contributed by atoms with Crippen molar-refractivity contribution < 1.29 is 14.6 Å². The fraction of sp³-hybridized carbons (Fsp3) is 0.182. The number of hydrogen-bond acceptors (Lipinski definition) is 4. The maximum absolute atomic E-state index is 12.9.